The van der Waals surface area contributed by atoms with Gasteiger partial charge in [0.2, 0.25) is 5.91 Å². The molecule has 0 aliphatic carbocycles. The van der Waals surface area contributed by atoms with Crippen molar-refractivity contribution in [2.45, 2.75) is 31.4 Å². The van der Waals surface area contributed by atoms with E-state index in [1.165, 1.54) is 0 Å². The van der Waals surface area contributed by atoms with Gasteiger partial charge in [-0.15, -0.1) is 0 Å². The third-order valence-electron chi connectivity index (χ3n) is 5.70. The second-order valence-electron chi connectivity index (χ2n) is 8.15. The second kappa shape index (κ2) is 11.9. The van der Waals surface area contributed by atoms with E-state index < -0.39 is 6.04 Å². The Balaban J connectivity index is 1.36. The molecule has 1 atom stereocenters. The maximum Gasteiger partial charge on any atom is 0.247 e. The first-order valence-electron chi connectivity index (χ1n) is 11.5. The van der Waals surface area contributed by atoms with E-state index in [0.717, 1.165) is 30.4 Å². The normalized spacial score (nSPS) is 14.7. The third-order valence-corrected chi connectivity index (χ3v) is 5.70. The van der Waals surface area contributed by atoms with Crippen LogP contribution >= 0.6 is 0 Å². The molecule has 1 aliphatic rings. The first-order valence-corrected chi connectivity index (χ1v) is 11.5. The number of ether oxygens (including phenoxy) is 2. The molecule has 1 aromatic heterocycles. The summed E-state index contributed by atoms with van der Waals surface area (Å²) in [5, 5.41) is 15.2. The van der Waals surface area contributed by atoms with Crippen molar-refractivity contribution in [3.8, 4) is 11.8 Å². The maximum atomic E-state index is 13.1. The van der Waals surface area contributed by atoms with E-state index in [9.17, 15) is 4.79 Å². The van der Waals surface area contributed by atoms with E-state index in [0.29, 0.717) is 36.9 Å². The summed E-state index contributed by atoms with van der Waals surface area (Å²) in [6, 6.07) is 22.3. The molecule has 174 valence electrons. The van der Waals surface area contributed by atoms with Crippen LogP contribution in [0.5, 0.6) is 5.75 Å². The summed E-state index contributed by atoms with van der Waals surface area (Å²) in [5.74, 6) is 0.973. The van der Waals surface area contributed by atoms with E-state index in [1.807, 2.05) is 48.5 Å². The predicted octanol–water partition coefficient (Wildman–Crippen LogP) is 4.02. The highest BCUT2D eigenvalue weighted by Crippen LogP contribution is 2.20. The van der Waals surface area contributed by atoms with Crippen molar-refractivity contribution in [1.82, 2.24) is 10.3 Å². The Morgan fingerprint density at radius 2 is 1.85 bits per heavy atom. The molecule has 4 rings (SSSR count). The highest BCUT2D eigenvalue weighted by Gasteiger charge is 2.21. The molecule has 0 spiro atoms. The Labute approximate surface area is 199 Å². The fraction of sp³-hybridized carbons (Fsp3) is 0.296. The minimum Gasteiger partial charge on any atom is -0.489 e. The van der Waals surface area contributed by atoms with Crippen molar-refractivity contribution in [3.63, 3.8) is 0 Å². The van der Waals surface area contributed by atoms with Crippen LogP contribution in [0.15, 0.2) is 72.9 Å². The van der Waals surface area contributed by atoms with Crippen LogP contribution in [0, 0.1) is 11.3 Å². The standard InChI is InChI=1S/C27H28N4O3/c28-18-21-8-6-20(7-9-21)12-15-29-26(22-4-2-1-3-5-22)27(32)31-25-11-10-24(19-30-25)34-23-13-16-33-17-14-23/h1-11,19,23,26,29H,12-17H2,(H,30,31,32)/t26-/m1/s1. The van der Waals surface area contributed by atoms with Crippen molar-refractivity contribution < 1.29 is 14.3 Å². The number of benzene rings is 2. The fourth-order valence-corrected chi connectivity index (χ4v) is 3.82. The van der Waals surface area contributed by atoms with Crippen molar-refractivity contribution in [1.29, 1.82) is 5.26 Å². The molecule has 0 radical (unpaired) electrons. The van der Waals surface area contributed by atoms with Gasteiger partial charge in [-0.3, -0.25) is 4.79 Å². The second-order valence-corrected chi connectivity index (χ2v) is 8.15. The van der Waals surface area contributed by atoms with Gasteiger partial charge in [0.25, 0.3) is 0 Å². The Bertz CT molecular complexity index is 1090. The first kappa shape index (κ1) is 23.4. The van der Waals surface area contributed by atoms with Crippen LogP contribution in [0.25, 0.3) is 0 Å². The van der Waals surface area contributed by atoms with Crippen LogP contribution in [-0.4, -0.2) is 36.8 Å². The smallest absolute Gasteiger partial charge is 0.247 e. The van der Waals surface area contributed by atoms with Crippen molar-refractivity contribution >= 4 is 11.7 Å². The first-order chi connectivity index (χ1) is 16.7. The summed E-state index contributed by atoms with van der Waals surface area (Å²) in [6.07, 6.45) is 4.25. The summed E-state index contributed by atoms with van der Waals surface area (Å²) in [4.78, 5) is 17.5. The van der Waals surface area contributed by atoms with Gasteiger partial charge in [0.15, 0.2) is 0 Å². The van der Waals surface area contributed by atoms with E-state index in [1.54, 1.807) is 24.4 Å². The van der Waals surface area contributed by atoms with Gasteiger partial charge in [-0.25, -0.2) is 4.98 Å². The Hall–Kier alpha value is -3.73. The monoisotopic (exact) mass is 456 g/mol. The molecule has 2 heterocycles. The number of nitriles is 1. The number of carbonyl (C=O) groups is 1. The zero-order valence-electron chi connectivity index (χ0n) is 18.9. The predicted molar refractivity (Wildman–Crippen MR) is 129 cm³/mol. The van der Waals surface area contributed by atoms with Gasteiger partial charge >= 0.3 is 0 Å². The average molecular weight is 457 g/mol. The Kier molecular flexibility index (Phi) is 8.22. The highest BCUT2D eigenvalue weighted by molar-refractivity contribution is 5.94. The zero-order chi connectivity index (χ0) is 23.6. The average Bonchev–Trinajstić information content (AvgIpc) is 2.89. The molecular formula is C27H28N4O3. The van der Waals surface area contributed by atoms with Crippen LogP contribution in [-0.2, 0) is 16.0 Å². The SMILES string of the molecule is N#Cc1ccc(CCN[C@@H](C(=O)Nc2ccc(OC3CCOCC3)cn2)c2ccccc2)cc1. The molecule has 2 N–H and O–H groups in total. The molecule has 3 aromatic rings. The van der Waals surface area contributed by atoms with E-state index >= 15 is 0 Å². The summed E-state index contributed by atoms with van der Waals surface area (Å²) < 4.78 is 11.3. The number of anilines is 1. The topological polar surface area (TPSA) is 96.3 Å². The maximum absolute atomic E-state index is 13.1. The molecule has 7 nitrogen and oxygen atoms in total. The summed E-state index contributed by atoms with van der Waals surface area (Å²) >= 11 is 0. The lowest BCUT2D eigenvalue weighted by atomic mass is 10.1. The summed E-state index contributed by atoms with van der Waals surface area (Å²) in [6.45, 7) is 2.03. The van der Waals surface area contributed by atoms with E-state index in [2.05, 4.69) is 21.7 Å². The molecule has 34 heavy (non-hydrogen) atoms. The van der Waals surface area contributed by atoms with Crippen LogP contribution in [0.3, 0.4) is 0 Å². The van der Waals surface area contributed by atoms with Gasteiger partial charge in [-0.2, -0.15) is 5.26 Å². The quantitative estimate of drug-likeness (QED) is 0.505. The van der Waals surface area contributed by atoms with Gasteiger partial charge in [0.05, 0.1) is 31.0 Å². The highest BCUT2D eigenvalue weighted by atomic mass is 16.5. The number of amides is 1. The van der Waals surface area contributed by atoms with Crippen LogP contribution in [0.2, 0.25) is 0 Å². The number of nitrogens with one attached hydrogen (secondary N) is 2. The van der Waals surface area contributed by atoms with Gasteiger partial charge in [-0.1, -0.05) is 42.5 Å². The number of pyridine rings is 1. The number of hydrogen-bond donors (Lipinski definition) is 2. The number of aromatic nitrogens is 1. The van der Waals surface area contributed by atoms with Gasteiger partial charge in [0, 0.05) is 19.4 Å². The molecule has 1 aliphatic heterocycles. The minimum atomic E-state index is -0.528. The zero-order valence-corrected chi connectivity index (χ0v) is 18.9. The van der Waals surface area contributed by atoms with Crippen LogP contribution < -0.4 is 15.4 Å². The minimum absolute atomic E-state index is 0.138. The molecule has 1 amide bonds. The number of carbonyl (C=O) groups excluding carboxylic acids is 1. The van der Waals surface area contributed by atoms with Crippen LogP contribution in [0.1, 0.15) is 35.6 Å². The number of hydrogen-bond acceptors (Lipinski definition) is 6. The molecule has 1 fully saturated rings. The summed E-state index contributed by atoms with van der Waals surface area (Å²) in [7, 11) is 0. The molecule has 0 bridgehead atoms. The lowest BCUT2D eigenvalue weighted by molar-refractivity contribution is -0.118. The number of rotatable bonds is 9. The lowest BCUT2D eigenvalue weighted by Gasteiger charge is -2.23. The van der Waals surface area contributed by atoms with Crippen molar-refractivity contribution in [3.05, 3.63) is 89.6 Å². The summed E-state index contributed by atoms with van der Waals surface area (Å²) in [5.41, 5.74) is 2.61. The van der Waals surface area contributed by atoms with E-state index in [-0.39, 0.29) is 12.0 Å². The Morgan fingerprint density at radius 3 is 2.53 bits per heavy atom. The largest absolute Gasteiger partial charge is 0.489 e. The molecule has 0 unspecified atom stereocenters. The third kappa shape index (κ3) is 6.64. The van der Waals surface area contributed by atoms with Gasteiger partial charge in [0.1, 0.15) is 23.7 Å². The van der Waals surface area contributed by atoms with Gasteiger partial charge < -0.3 is 20.1 Å². The Morgan fingerprint density at radius 1 is 1.09 bits per heavy atom. The van der Waals surface area contributed by atoms with Crippen LogP contribution in [0.4, 0.5) is 5.82 Å². The number of nitrogens with zero attached hydrogens (tertiary/aromatic N) is 2. The molecule has 0 saturated carbocycles. The molecule has 2 aromatic carbocycles. The fourth-order valence-electron chi connectivity index (χ4n) is 3.82. The van der Waals surface area contributed by atoms with Crippen molar-refractivity contribution in [2.75, 3.05) is 25.1 Å². The van der Waals surface area contributed by atoms with Gasteiger partial charge in [-0.05, 0) is 41.8 Å². The molecular weight excluding hydrogens is 428 g/mol. The van der Waals surface area contributed by atoms with E-state index in [4.69, 9.17) is 14.7 Å². The lowest BCUT2D eigenvalue weighted by Crippen LogP contribution is -2.34. The molecule has 7 heteroatoms. The molecule has 1 saturated heterocycles. The van der Waals surface area contributed by atoms with Crippen molar-refractivity contribution in [2.24, 2.45) is 0 Å².